The van der Waals surface area contributed by atoms with Crippen LogP contribution < -0.4 is 0 Å². The van der Waals surface area contributed by atoms with E-state index in [4.69, 9.17) is 8.83 Å². The Hall–Kier alpha value is -3.72. The largest absolute Gasteiger partial charge is 0.456 e. The Kier molecular flexibility index (Phi) is 2.93. The minimum absolute atomic E-state index is 0.297. The van der Waals surface area contributed by atoms with Crippen molar-refractivity contribution in [3.05, 3.63) is 72.8 Å². The zero-order valence-electron chi connectivity index (χ0n) is 16.8. The molecule has 0 fully saturated rings. The van der Waals surface area contributed by atoms with Crippen LogP contribution in [-0.4, -0.2) is 4.57 Å². The van der Waals surface area contributed by atoms with Crippen LogP contribution in [0.1, 0.15) is 19.9 Å². The van der Waals surface area contributed by atoms with Gasteiger partial charge < -0.3 is 13.4 Å². The van der Waals surface area contributed by atoms with Crippen LogP contribution in [0, 0.1) is 0 Å². The molecule has 30 heavy (non-hydrogen) atoms. The molecule has 0 N–H and O–H groups in total. The molecule has 0 aliphatic carbocycles. The van der Waals surface area contributed by atoms with Gasteiger partial charge in [0.15, 0.2) is 0 Å². The number of benzene rings is 4. The number of fused-ring (bicyclic) bond motifs is 10. The molecule has 0 aliphatic rings. The normalized spacial score (nSPS) is 12.6. The standard InChI is InChI=1S/C27H19NO2/c1-15(2)28-21-14-25-20(16-7-3-5-9-22(16)30-25)13-19(21)17-11-12-24-26(27(17)28)18-8-4-6-10-23(18)29-24/h3-15H,1-2H3. The van der Waals surface area contributed by atoms with Crippen LogP contribution in [0.2, 0.25) is 0 Å². The Morgan fingerprint density at radius 3 is 2.10 bits per heavy atom. The lowest BCUT2D eigenvalue weighted by atomic mass is 10.1. The second-order valence-electron chi connectivity index (χ2n) is 8.36. The lowest BCUT2D eigenvalue weighted by Gasteiger charge is -2.12. The Balaban J connectivity index is 1.76. The second-order valence-corrected chi connectivity index (χ2v) is 8.36. The highest BCUT2D eigenvalue weighted by molar-refractivity contribution is 6.25. The molecule has 7 rings (SSSR count). The minimum Gasteiger partial charge on any atom is -0.456 e. The summed E-state index contributed by atoms with van der Waals surface area (Å²) in [5.41, 5.74) is 6.16. The van der Waals surface area contributed by atoms with Gasteiger partial charge in [-0.3, -0.25) is 0 Å². The van der Waals surface area contributed by atoms with E-state index in [2.05, 4.69) is 66.9 Å². The summed E-state index contributed by atoms with van der Waals surface area (Å²) in [5, 5.41) is 7.19. The van der Waals surface area contributed by atoms with E-state index in [-0.39, 0.29) is 0 Å². The van der Waals surface area contributed by atoms with E-state index in [1.54, 1.807) is 0 Å². The number of hydrogen-bond donors (Lipinski definition) is 0. The molecule has 0 unspecified atom stereocenters. The summed E-state index contributed by atoms with van der Waals surface area (Å²) in [7, 11) is 0. The van der Waals surface area contributed by atoms with Gasteiger partial charge in [-0.05, 0) is 44.2 Å². The number of furan rings is 2. The lowest BCUT2D eigenvalue weighted by Crippen LogP contribution is -2.00. The van der Waals surface area contributed by atoms with Crippen molar-refractivity contribution in [2.24, 2.45) is 0 Å². The minimum atomic E-state index is 0.297. The van der Waals surface area contributed by atoms with Crippen molar-refractivity contribution in [2.45, 2.75) is 19.9 Å². The van der Waals surface area contributed by atoms with Crippen LogP contribution in [0.3, 0.4) is 0 Å². The molecular weight excluding hydrogens is 370 g/mol. The van der Waals surface area contributed by atoms with Crippen molar-refractivity contribution in [2.75, 3.05) is 0 Å². The van der Waals surface area contributed by atoms with Crippen molar-refractivity contribution in [1.82, 2.24) is 4.57 Å². The first kappa shape index (κ1) is 16.1. The van der Waals surface area contributed by atoms with Crippen LogP contribution in [0.5, 0.6) is 0 Å². The van der Waals surface area contributed by atoms with Crippen molar-refractivity contribution < 1.29 is 8.83 Å². The fourth-order valence-corrected chi connectivity index (χ4v) is 5.10. The molecule has 3 nitrogen and oxygen atoms in total. The highest BCUT2D eigenvalue weighted by Crippen LogP contribution is 2.42. The van der Waals surface area contributed by atoms with Gasteiger partial charge in [0.25, 0.3) is 0 Å². The van der Waals surface area contributed by atoms with Gasteiger partial charge in [-0.25, -0.2) is 0 Å². The maximum Gasteiger partial charge on any atom is 0.137 e. The fourth-order valence-electron chi connectivity index (χ4n) is 5.10. The molecule has 144 valence electrons. The first-order chi connectivity index (χ1) is 14.7. The quantitative estimate of drug-likeness (QED) is 0.283. The molecule has 0 atom stereocenters. The van der Waals surface area contributed by atoms with Crippen LogP contribution in [0.15, 0.2) is 81.6 Å². The van der Waals surface area contributed by atoms with Crippen molar-refractivity contribution >= 4 is 65.7 Å². The monoisotopic (exact) mass is 389 g/mol. The number of rotatable bonds is 1. The predicted octanol–water partition coefficient (Wildman–Crippen LogP) is 8.17. The summed E-state index contributed by atoms with van der Waals surface area (Å²) in [4.78, 5) is 0. The van der Waals surface area contributed by atoms with Gasteiger partial charge in [0.2, 0.25) is 0 Å². The molecule has 3 heterocycles. The Morgan fingerprint density at radius 1 is 0.600 bits per heavy atom. The van der Waals surface area contributed by atoms with Gasteiger partial charge in [-0.1, -0.05) is 36.4 Å². The Bertz CT molecular complexity index is 1780. The van der Waals surface area contributed by atoms with E-state index in [1.165, 1.54) is 27.2 Å². The summed E-state index contributed by atoms with van der Waals surface area (Å²) in [6.45, 7) is 4.48. The van der Waals surface area contributed by atoms with Gasteiger partial charge in [-0.2, -0.15) is 0 Å². The van der Waals surface area contributed by atoms with E-state index < -0.39 is 0 Å². The molecule has 0 radical (unpaired) electrons. The zero-order valence-corrected chi connectivity index (χ0v) is 16.8. The van der Waals surface area contributed by atoms with Crippen LogP contribution >= 0.6 is 0 Å². The third kappa shape index (κ3) is 1.90. The van der Waals surface area contributed by atoms with E-state index in [0.717, 1.165) is 38.5 Å². The van der Waals surface area contributed by atoms with Gasteiger partial charge in [0.05, 0.1) is 16.4 Å². The number of aromatic nitrogens is 1. The highest BCUT2D eigenvalue weighted by atomic mass is 16.3. The van der Waals surface area contributed by atoms with Crippen molar-refractivity contribution in [3.8, 4) is 0 Å². The highest BCUT2D eigenvalue weighted by Gasteiger charge is 2.20. The SMILES string of the molecule is CC(C)n1c2cc3oc4ccccc4c3cc2c2ccc3oc4ccccc4c3c21. The maximum atomic E-state index is 6.20. The summed E-state index contributed by atoms with van der Waals surface area (Å²) in [6.07, 6.45) is 0. The average Bonchev–Trinajstić information content (AvgIpc) is 3.40. The molecule has 3 aromatic heterocycles. The summed E-state index contributed by atoms with van der Waals surface area (Å²) in [6, 6.07) is 25.7. The second kappa shape index (κ2) is 5.45. The predicted molar refractivity (Wildman–Crippen MR) is 124 cm³/mol. The Labute approximate surface area is 172 Å². The molecule has 3 heteroatoms. The molecule has 0 saturated heterocycles. The number of hydrogen-bond acceptors (Lipinski definition) is 2. The fraction of sp³-hybridized carbons (Fsp3) is 0.111. The average molecular weight is 389 g/mol. The van der Waals surface area contributed by atoms with E-state index in [1.807, 2.05) is 24.3 Å². The van der Waals surface area contributed by atoms with E-state index >= 15 is 0 Å². The third-order valence-electron chi connectivity index (χ3n) is 6.32. The van der Waals surface area contributed by atoms with Crippen LogP contribution in [-0.2, 0) is 0 Å². The summed E-state index contributed by atoms with van der Waals surface area (Å²) >= 11 is 0. The summed E-state index contributed by atoms with van der Waals surface area (Å²) in [5.74, 6) is 0. The first-order valence-electron chi connectivity index (χ1n) is 10.4. The zero-order chi connectivity index (χ0) is 20.0. The lowest BCUT2D eigenvalue weighted by molar-refractivity contribution is 0.641. The molecule has 0 spiro atoms. The topological polar surface area (TPSA) is 31.2 Å². The molecule has 4 aromatic carbocycles. The van der Waals surface area contributed by atoms with Crippen LogP contribution in [0.4, 0.5) is 0 Å². The summed E-state index contributed by atoms with van der Waals surface area (Å²) < 4.78 is 14.8. The third-order valence-corrected chi connectivity index (χ3v) is 6.32. The number of nitrogens with zero attached hydrogens (tertiary/aromatic N) is 1. The van der Waals surface area contributed by atoms with E-state index in [9.17, 15) is 0 Å². The maximum absolute atomic E-state index is 6.20. The van der Waals surface area contributed by atoms with E-state index in [0.29, 0.717) is 6.04 Å². The van der Waals surface area contributed by atoms with Crippen molar-refractivity contribution in [3.63, 3.8) is 0 Å². The molecular formula is C27H19NO2. The number of para-hydroxylation sites is 2. The molecule has 0 bridgehead atoms. The van der Waals surface area contributed by atoms with Gasteiger partial charge >= 0.3 is 0 Å². The molecule has 7 aromatic rings. The molecule has 0 saturated carbocycles. The first-order valence-corrected chi connectivity index (χ1v) is 10.4. The van der Waals surface area contributed by atoms with Crippen LogP contribution in [0.25, 0.3) is 65.7 Å². The smallest absolute Gasteiger partial charge is 0.137 e. The Morgan fingerprint density at radius 2 is 1.30 bits per heavy atom. The van der Waals surface area contributed by atoms with Gasteiger partial charge in [0.1, 0.15) is 22.3 Å². The molecule has 0 amide bonds. The molecule has 0 aliphatic heterocycles. The van der Waals surface area contributed by atoms with Gasteiger partial charge in [0, 0.05) is 39.0 Å². The van der Waals surface area contributed by atoms with Gasteiger partial charge in [-0.15, -0.1) is 0 Å². The van der Waals surface area contributed by atoms with Crippen molar-refractivity contribution in [1.29, 1.82) is 0 Å².